The first-order valence-electron chi connectivity index (χ1n) is 4.67. The number of allylic oxidation sites excluding steroid dienone is 1. The van der Waals surface area contributed by atoms with Crippen LogP contribution in [0.1, 0.15) is 25.3 Å². The summed E-state index contributed by atoms with van der Waals surface area (Å²) in [7, 11) is 0. The van der Waals surface area contributed by atoms with Crippen molar-refractivity contribution in [1.82, 2.24) is 0 Å². The fourth-order valence-corrected chi connectivity index (χ4v) is 1.28. The molecule has 0 aromatic heterocycles. The van der Waals surface area contributed by atoms with E-state index in [4.69, 9.17) is 5.73 Å². The van der Waals surface area contributed by atoms with Crippen LogP contribution in [0.25, 0.3) is 0 Å². The van der Waals surface area contributed by atoms with E-state index in [9.17, 15) is 0 Å². The third-order valence-corrected chi connectivity index (χ3v) is 2.05. The molecule has 1 nitrogen and oxygen atoms in total. The Balaban J connectivity index is 2.37. The molecular formula is C12H17N. The number of nitrogens with two attached hydrogens (primary N) is 1. The van der Waals surface area contributed by atoms with E-state index >= 15 is 0 Å². The van der Waals surface area contributed by atoms with Gasteiger partial charge in [0.05, 0.1) is 0 Å². The highest BCUT2D eigenvalue weighted by Gasteiger charge is 1.93. The van der Waals surface area contributed by atoms with E-state index in [-0.39, 0.29) is 0 Å². The molecule has 13 heavy (non-hydrogen) atoms. The van der Waals surface area contributed by atoms with Crippen molar-refractivity contribution in [3.05, 3.63) is 42.0 Å². The summed E-state index contributed by atoms with van der Waals surface area (Å²) in [4.78, 5) is 0. The standard InChI is InChI=1S/C12H17N/c1-10(2)4-3-5-11-6-8-12(13)9-7-11/h6-9H,1,3-5,13H2,2H3. The van der Waals surface area contributed by atoms with E-state index in [1.54, 1.807) is 0 Å². The summed E-state index contributed by atoms with van der Waals surface area (Å²) in [5.74, 6) is 0. The monoisotopic (exact) mass is 175 g/mol. The molecule has 0 spiro atoms. The van der Waals surface area contributed by atoms with Crippen LogP contribution >= 0.6 is 0 Å². The second-order valence-corrected chi connectivity index (χ2v) is 3.55. The average Bonchev–Trinajstić information content (AvgIpc) is 2.08. The molecule has 0 bridgehead atoms. The lowest BCUT2D eigenvalue weighted by atomic mass is 10.1. The highest BCUT2D eigenvalue weighted by atomic mass is 14.5. The molecule has 0 heterocycles. The van der Waals surface area contributed by atoms with Crippen molar-refractivity contribution in [3.63, 3.8) is 0 Å². The number of rotatable bonds is 4. The van der Waals surface area contributed by atoms with Gasteiger partial charge in [-0.1, -0.05) is 17.7 Å². The van der Waals surface area contributed by atoms with Crippen molar-refractivity contribution in [2.45, 2.75) is 26.2 Å². The Kier molecular flexibility index (Phi) is 3.56. The van der Waals surface area contributed by atoms with Crippen molar-refractivity contribution in [1.29, 1.82) is 0 Å². The van der Waals surface area contributed by atoms with E-state index in [0.717, 1.165) is 18.5 Å². The lowest BCUT2D eigenvalue weighted by molar-refractivity contribution is 0.814. The predicted octanol–water partition coefficient (Wildman–Crippen LogP) is 3.17. The van der Waals surface area contributed by atoms with Crippen LogP contribution in [0.5, 0.6) is 0 Å². The largest absolute Gasteiger partial charge is 0.399 e. The van der Waals surface area contributed by atoms with E-state index in [2.05, 4.69) is 25.6 Å². The van der Waals surface area contributed by atoms with Crippen LogP contribution in [0.15, 0.2) is 36.4 Å². The van der Waals surface area contributed by atoms with Gasteiger partial charge in [0.25, 0.3) is 0 Å². The van der Waals surface area contributed by atoms with Gasteiger partial charge in [-0.15, -0.1) is 6.58 Å². The van der Waals surface area contributed by atoms with Crippen molar-refractivity contribution in [2.75, 3.05) is 5.73 Å². The van der Waals surface area contributed by atoms with Crippen LogP contribution in [0, 0.1) is 0 Å². The van der Waals surface area contributed by atoms with Crippen LogP contribution in [0.2, 0.25) is 0 Å². The maximum atomic E-state index is 5.59. The lowest BCUT2D eigenvalue weighted by Gasteiger charge is -2.01. The zero-order valence-corrected chi connectivity index (χ0v) is 8.22. The highest BCUT2D eigenvalue weighted by Crippen LogP contribution is 2.10. The molecule has 0 atom stereocenters. The summed E-state index contributed by atoms with van der Waals surface area (Å²) in [6.07, 6.45) is 3.41. The molecule has 0 aliphatic rings. The maximum absolute atomic E-state index is 5.59. The third kappa shape index (κ3) is 3.79. The van der Waals surface area contributed by atoms with E-state index in [0.29, 0.717) is 0 Å². The maximum Gasteiger partial charge on any atom is 0.0314 e. The smallest absolute Gasteiger partial charge is 0.0314 e. The summed E-state index contributed by atoms with van der Waals surface area (Å²) in [5.41, 5.74) is 9.04. The van der Waals surface area contributed by atoms with E-state index in [1.807, 2.05) is 12.1 Å². The molecule has 1 aromatic carbocycles. The van der Waals surface area contributed by atoms with Gasteiger partial charge < -0.3 is 5.73 Å². The molecular weight excluding hydrogens is 158 g/mol. The minimum Gasteiger partial charge on any atom is -0.399 e. The van der Waals surface area contributed by atoms with Gasteiger partial charge in [-0.25, -0.2) is 0 Å². The summed E-state index contributed by atoms with van der Waals surface area (Å²) in [5, 5.41) is 0. The van der Waals surface area contributed by atoms with Crippen LogP contribution in [-0.4, -0.2) is 0 Å². The Morgan fingerprint density at radius 3 is 2.46 bits per heavy atom. The van der Waals surface area contributed by atoms with Crippen LogP contribution in [-0.2, 0) is 6.42 Å². The minimum atomic E-state index is 0.837. The molecule has 1 aromatic rings. The Morgan fingerprint density at radius 1 is 1.31 bits per heavy atom. The molecule has 0 aliphatic heterocycles. The van der Waals surface area contributed by atoms with E-state index < -0.39 is 0 Å². The summed E-state index contributed by atoms with van der Waals surface area (Å²) >= 11 is 0. The summed E-state index contributed by atoms with van der Waals surface area (Å²) < 4.78 is 0. The van der Waals surface area contributed by atoms with Gasteiger partial charge in [-0.05, 0) is 43.9 Å². The number of aryl methyl sites for hydroxylation is 1. The number of anilines is 1. The van der Waals surface area contributed by atoms with Crippen LogP contribution in [0.4, 0.5) is 5.69 Å². The zero-order chi connectivity index (χ0) is 9.68. The zero-order valence-electron chi connectivity index (χ0n) is 8.22. The molecule has 0 fully saturated rings. The second-order valence-electron chi connectivity index (χ2n) is 3.55. The minimum absolute atomic E-state index is 0.837. The van der Waals surface area contributed by atoms with Gasteiger partial charge >= 0.3 is 0 Å². The van der Waals surface area contributed by atoms with Gasteiger partial charge in [0, 0.05) is 5.69 Å². The van der Waals surface area contributed by atoms with Crippen molar-refractivity contribution in [2.24, 2.45) is 0 Å². The first-order chi connectivity index (χ1) is 6.18. The molecule has 0 saturated heterocycles. The predicted molar refractivity (Wildman–Crippen MR) is 58.6 cm³/mol. The Morgan fingerprint density at radius 2 is 1.92 bits per heavy atom. The quantitative estimate of drug-likeness (QED) is 0.552. The molecule has 1 heteroatoms. The normalized spacial score (nSPS) is 9.92. The van der Waals surface area contributed by atoms with Crippen molar-refractivity contribution in [3.8, 4) is 0 Å². The van der Waals surface area contributed by atoms with Crippen LogP contribution < -0.4 is 5.73 Å². The second kappa shape index (κ2) is 4.70. The summed E-state index contributed by atoms with van der Waals surface area (Å²) in [6.45, 7) is 5.95. The SMILES string of the molecule is C=C(C)CCCc1ccc(N)cc1. The number of hydrogen-bond donors (Lipinski definition) is 1. The molecule has 0 radical (unpaired) electrons. The first-order valence-corrected chi connectivity index (χ1v) is 4.67. The van der Waals surface area contributed by atoms with Gasteiger partial charge in [0.2, 0.25) is 0 Å². The molecule has 0 aliphatic carbocycles. The van der Waals surface area contributed by atoms with Crippen LogP contribution in [0.3, 0.4) is 0 Å². The van der Waals surface area contributed by atoms with E-state index in [1.165, 1.54) is 17.6 Å². The van der Waals surface area contributed by atoms with Crippen molar-refractivity contribution >= 4 is 5.69 Å². The van der Waals surface area contributed by atoms with Crippen molar-refractivity contribution < 1.29 is 0 Å². The Labute approximate surface area is 80.3 Å². The van der Waals surface area contributed by atoms with Gasteiger partial charge in [-0.3, -0.25) is 0 Å². The molecule has 0 unspecified atom stereocenters. The number of hydrogen-bond acceptors (Lipinski definition) is 1. The molecule has 1 rings (SSSR count). The van der Waals surface area contributed by atoms with Gasteiger partial charge in [0.15, 0.2) is 0 Å². The number of nitrogen functional groups attached to an aromatic ring is 1. The topological polar surface area (TPSA) is 26.0 Å². The van der Waals surface area contributed by atoms with Gasteiger partial charge in [-0.2, -0.15) is 0 Å². The Bertz CT molecular complexity index is 272. The third-order valence-electron chi connectivity index (χ3n) is 2.05. The fourth-order valence-electron chi connectivity index (χ4n) is 1.28. The lowest BCUT2D eigenvalue weighted by Crippen LogP contribution is -1.88. The highest BCUT2D eigenvalue weighted by molar-refractivity contribution is 5.39. The molecule has 70 valence electrons. The Hall–Kier alpha value is -1.24. The molecule has 2 N–H and O–H groups in total. The molecule has 0 saturated carbocycles. The average molecular weight is 175 g/mol. The fraction of sp³-hybridized carbons (Fsp3) is 0.333. The summed E-state index contributed by atoms with van der Waals surface area (Å²) in [6, 6.07) is 8.09. The van der Waals surface area contributed by atoms with Gasteiger partial charge in [0.1, 0.15) is 0 Å². The number of benzene rings is 1. The molecule has 0 amide bonds. The first kappa shape index (κ1) is 9.85.